The second kappa shape index (κ2) is 6.31. The van der Waals surface area contributed by atoms with E-state index in [1.54, 1.807) is 18.2 Å². The fourth-order valence-electron chi connectivity index (χ4n) is 1.56. The number of benzene rings is 2. The average Bonchev–Trinajstić information content (AvgIpc) is 2.30. The number of halogens is 5. The highest BCUT2D eigenvalue weighted by atomic mass is 79.9. The van der Waals surface area contributed by atoms with Crippen molar-refractivity contribution in [2.24, 2.45) is 0 Å². The summed E-state index contributed by atoms with van der Waals surface area (Å²) >= 11 is 21.4. The molecule has 0 saturated carbocycles. The SMILES string of the molecule is Fc1ccc(CNc2c(Cl)cc(Br)cc2Cl)c(Cl)c1. The van der Waals surface area contributed by atoms with E-state index in [1.165, 1.54) is 12.1 Å². The van der Waals surface area contributed by atoms with Crippen LogP contribution in [-0.2, 0) is 6.54 Å². The quantitative estimate of drug-likeness (QED) is 0.669. The molecule has 0 saturated heterocycles. The molecule has 19 heavy (non-hydrogen) atoms. The Hall–Kier alpha value is -0.480. The summed E-state index contributed by atoms with van der Waals surface area (Å²) in [6.07, 6.45) is 0. The van der Waals surface area contributed by atoms with Gasteiger partial charge in [-0.2, -0.15) is 0 Å². The van der Waals surface area contributed by atoms with Gasteiger partial charge in [0.05, 0.1) is 15.7 Å². The van der Waals surface area contributed by atoms with Crippen molar-refractivity contribution in [1.82, 2.24) is 0 Å². The summed E-state index contributed by atoms with van der Waals surface area (Å²) in [6, 6.07) is 7.71. The third-order valence-corrected chi connectivity index (χ3v) is 3.88. The Balaban J connectivity index is 2.19. The smallest absolute Gasteiger partial charge is 0.124 e. The van der Waals surface area contributed by atoms with Gasteiger partial charge in [0.25, 0.3) is 0 Å². The average molecular weight is 383 g/mol. The molecular weight excluding hydrogens is 375 g/mol. The lowest BCUT2D eigenvalue weighted by Gasteiger charge is -2.12. The van der Waals surface area contributed by atoms with Crippen molar-refractivity contribution >= 4 is 56.4 Å². The lowest BCUT2D eigenvalue weighted by atomic mass is 10.2. The minimum absolute atomic E-state index is 0.358. The van der Waals surface area contributed by atoms with E-state index in [4.69, 9.17) is 34.8 Å². The van der Waals surface area contributed by atoms with Crippen LogP contribution in [0.5, 0.6) is 0 Å². The molecule has 0 aliphatic carbocycles. The first kappa shape index (κ1) is 14.9. The molecule has 0 heterocycles. The molecule has 2 rings (SSSR count). The Labute approximate surface area is 133 Å². The lowest BCUT2D eigenvalue weighted by molar-refractivity contribution is 0.627. The van der Waals surface area contributed by atoms with Crippen molar-refractivity contribution in [3.05, 3.63) is 61.3 Å². The molecule has 2 aromatic carbocycles. The summed E-state index contributed by atoms with van der Waals surface area (Å²) in [5.74, 6) is -0.367. The van der Waals surface area contributed by atoms with E-state index >= 15 is 0 Å². The number of anilines is 1. The topological polar surface area (TPSA) is 12.0 Å². The molecule has 0 aromatic heterocycles. The van der Waals surface area contributed by atoms with Gasteiger partial charge in [0.15, 0.2) is 0 Å². The molecule has 0 bridgehead atoms. The molecule has 0 atom stereocenters. The van der Waals surface area contributed by atoms with Crippen LogP contribution >= 0.6 is 50.7 Å². The van der Waals surface area contributed by atoms with Gasteiger partial charge in [0.2, 0.25) is 0 Å². The van der Waals surface area contributed by atoms with E-state index in [-0.39, 0.29) is 5.82 Å². The number of nitrogens with one attached hydrogen (secondary N) is 1. The second-order valence-corrected chi connectivity index (χ2v) is 5.97. The van der Waals surface area contributed by atoms with E-state index in [1.807, 2.05) is 0 Å². The van der Waals surface area contributed by atoms with Crippen LogP contribution in [0.3, 0.4) is 0 Å². The van der Waals surface area contributed by atoms with Crippen LogP contribution in [0.1, 0.15) is 5.56 Å². The first-order valence-corrected chi connectivity index (χ1v) is 7.22. The molecule has 0 fully saturated rings. The predicted molar refractivity (Wildman–Crippen MR) is 82.9 cm³/mol. The van der Waals surface area contributed by atoms with Gasteiger partial charge in [0, 0.05) is 16.0 Å². The van der Waals surface area contributed by atoms with Crippen molar-refractivity contribution in [3.63, 3.8) is 0 Å². The lowest BCUT2D eigenvalue weighted by Crippen LogP contribution is -2.01. The fourth-order valence-corrected chi connectivity index (χ4v) is 3.14. The van der Waals surface area contributed by atoms with Crippen molar-refractivity contribution in [2.45, 2.75) is 6.54 Å². The molecule has 0 aliphatic heterocycles. The zero-order valence-corrected chi connectivity index (χ0v) is 13.3. The number of hydrogen-bond acceptors (Lipinski definition) is 1. The largest absolute Gasteiger partial charge is 0.378 e. The van der Waals surface area contributed by atoms with Gasteiger partial charge in [-0.3, -0.25) is 0 Å². The van der Waals surface area contributed by atoms with Crippen LogP contribution in [0.2, 0.25) is 15.1 Å². The number of rotatable bonds is 3. The maximum absolute atomic E-state index is 12.9. The summed E-state index contributed by atoms with van der Waals surface area (Å²) in [6.45, 7) is 0.403. The summed E-state index contributed by atoms with van der Waals surface area (Å²) in [7, 11) is 0. The molecule has 0 aliphatic rings. The standard InChI is InChI=1S/C13H8BrCl3FN/c14-8-3-11(16)13(12(17)4-8)19-6-7-1-2-9(18)5-10(7)15/h1-5,19H,6H2. The second-order valence-electron chi connectivity index (χ2n) is 3.83. The molecule has 0 radical (unpaired) electrons. The van der Waals surface area contributed by atoms with E-state index in [2.05, 4.69) is 21.2 Å². The maximum Gasteiger partial charge on any atom is 0.124 e. The van der Waals surface area contributed by atoms with E-state index in [0.717, 1.165) is 10.0 Å². The number of hydrogen-bond donors (Lipinski definition) is 1. The van der Waals surface area contributed by atoms with Crippen molar-refractivity contribution in [2.75, 3.05) is 5.32 Å². The van der Waals surface area contributed by atoms with E-state index < -0.39 is 0 Å². The van der Waals surface area contributed by atoms with Gasteiger partial charge in [-0.05, 0) is 29.8 Å². The van der Waals surface area contributed by atoms with Crippen molar-refractivity contribution in [3.8, 4) is 0 Å². The Morgan fingerprint density at radius 1 is 1.00 bits per heavy atom. The van der Waals surface area contributed by atoms with Crippen LogP contribution in [-0.4, -0.2) is 0 Å². The van der Waals surface area contributed by atoms with Gasteiger partial charge in [-0.25, -0.2) is 4.39 Å². The summed E-state index contributed by atoms with van der Waals surface area (Å²) < 4.78 is 13.7. The van der Waals surface area contributed by atoms with Crippen LogP contribution in [0, 0.1) is 5.82 Å². The highest BCUT2D eigenvalue weighted by Crippen LogP contribution is 2.34. The van der Waals surface area contributed by atoms with Crippen LogP contribution in [0.15, 0.2) is 34.8 Å². The molecule has 1 N–H and O–H groups in total. The Morgan fingerprint density at radius 2 is 1.63 bits per heavy atom. The third-order valence-electron chi connectivity index (χ3n) is 2.48. The Kier molecular flexibility index (Phi) is 4.96. The molecule has 2 aromatic rings. The molecule has 0 amide bonds. The van der Waals surface area contributed by atoms with Crippen LogP contribution in [0.25, 0.3) is 0 Å². The van der Waals surface area contributed by atoms with Crippen molar-refractivity contribution < 1.29 is 4.39 Å². The van der Waals surface area contributed by atoms with E-state index in [9.17, 15) is 4.39 Å². The zero-order chi connectivity index (χ0) is 14.0. The molecule has 1 nitrogen and oxygen atoms in total. The molecule has 0 unspecified atom stereocenters. The van der Waals surface area contributed by atoms with Gasteiger partial charge >= 0.3 is 0 Å². The minimum Gasteiger partial charge on any atom is -0.378 e. The monoisotopic (exact) mass is 381 g/mol. The summed E-state index contributed by atoms with van der Waals surface area (Å²) in [5.41, 5.74) is 1.38. The molecule has 6 heteroatoms. The van der Waals surface area contributed by atoms with E-state index in [0.29, 0.717) is 27.3 Å². The first-order chi connectivity index (χ1) is 8.97. The highest BCUT2D eigenvalue weighted by Gasteiger charge is 2.08. The Morgan fingerprint density at radius 3 is 2.21 bits per heavy atom. The first-order valence-electron chi connectivity index (χ1n) is 5.29. The normalized spacial score (nSPS) is 10.6. The minimum atomic E-state index is -0.367. The fraction of sp³-hybridized carbons (Fsp3) is 0.0769. The van der Waals surface area contributed by atoms with Crippen LogP contribution < -0.4 is 5.32 Å². The molecule has 0 spiro atoms. The zero-order valence-electron chi connectivity index (χ0n) is 9.48. The molecular formula is C13H8BrCl3FN. The van der Waals surface area contributed by atoms with Gasteiger partial charge < -0.3 is 5.32 Å². The van der Waals surface area contributed by atoms with Gasteiger partial charge in [0.1, 0.15) is 5.82 Å². The summed E-state index contributed by atoms with van der Waals surface area (Å²) in [4.78, 5) is 0. The summed E-state index contributed by atoms with van der Waals surface area (Å²) in [5, 5.41) is 4.45. The Bertz CT molecular complexity index is 596. The highest BCUT2D eigenvalue weighted by molar-refractivity contribution is 9.10. The maximum atomic E-state index is 12.9. The third kappa shape index (κ3) is 3.76. The van der Waals surface area contributed by atoms with Gasteiger partial charge in [-0.15, -0.1) is 0 Å². The predicted octanol–water partition coefficient (Wildman–Crippen LogP) is 6.16. The van der Waals surface area contributed by atoms with Crippen LogP contribution in [0.4, 0.5) is 10.1 Å². The molecule has 100 valence electrons. The van der Waals surface area contributed by atoms with Crippen molar-refractivity contribution in [1.29, 1.82) is 0 Å². The van der Waals surface area contributed by atoms with Gasteiger partial charge in [-0.1, -0.05) is 56.8 Å².